The number of rotatable bonds is 8. The summed E-state index contributed by atoms with van der Waals surface area (Å²) in [6.07, 6.45) is 3.54. The van der Waals surface area contributed by atoms with Crippen molar-refractivity contribution >= 4 is 43.9 Å². The predicted molar refractivity (Wildman–Crippen MR) is 127 cm³/mol. The number of sulfonamides is 1. The fourth-order valence-electron chi connectivity index (χ4n) is 3.39. The van der Waals surface area contributed by atoms with E-state index < -0.39 is 14.9 Å². The van der Waals surface area contributed by atoms with E-state index in [1.807, 2.05) is 6.07 Å². The largest absolute Gasteiger partial charge is 0.372 e. The highest BCUT2D eigenvalue weighted by atomic mass is 32.2. The van der Waals surface area contributed by atoms with Gasteiger partial charge in [-0.25, -0.2) is 13.6 Å². The van der Waals surface area contributed by atoms with E-state index in [0.717, 1.165) is 41.8 Å². The zero-order chi connectivity index (χ0) is 21.7. The molecule has 3 rings (SSSR count). The van der Waals surface area contributed by atoms with E-state index in [1.165, 1.54) is 28.5 Å². The average molecular weight is 440 g/mol. The van der Waals surface area contributed by atoms with Gasteiger partial charge in [0.2, 0.25) is 10.0 Å². The second-order valence-electron chi connectivity index (χ2n) is 7.10. The lowest BCUT2D eigenvalue weighted by Gasteiger charge is -2.24. The Balaban J connectivity index is 1.92. The first-order valence-corrected chi connectivity index (χ1v) is 12.3. The van der Waals surface area contributed by atoms with Gasteiger partial charge in [0, 0.05) is 28.5 Å². The van der Waals surface area contributed by atoms with Gasteiger partial charge < -0.3 is 4.90 Å². The van der Waals surface area contributed by atoms with Crippen molar-refractivity contribution in [3.05, 3.63) is 58.3 Å². The lowest BCUT2D eigenvalue weighted by molar-refractivity contribution is 0.605. The van der Waals surface area contributed by atoms with Gasteiger partial charge in [-0.3, -0.25) is 0 Å². The Morgan fingerprint density at radius 2 is 1.73 bits per heavy atom. The third-order valence-corrected chi connectivity index (χ3v) is 6.68. The molecule has 3 aromatic rings. The molecular weight excluding hydrogens is 414 g/mol. The molecule has 0 aliphatic carbocycles. The van der Waals surface area contributed by atoms with Crippen LogP contribution in [0, 0.1) is 11.3 Å². The number of allylic oxidation sites excluding steroid dienone is 1. The fourth-order valence-corrected chi connectivity index (χ4v) is 4.83. The van der Waals surface area contributed by atoms with Crippen molar-refractivity contribution in [2.45, 2.75) is 26.7 Å². The molecule has 0 bridgehead atoms. The van der Waals surface area contributed by atoms with E-state index in [-0.39, 0.29) is 0 Å². The number of nitrogens with two attached hydrogens (primary N) is 1. The first-order chi connectivity index (χ1) is 14.4. The number of primary sulfonamides is 1. The zero-order valence-electron chi connectivity index (χ0n) is 17.1. The molecule has 0 atom stereocenters. The van der Waals surface area contributed by atoms with Gasteiger partial charge in [0.15, 0.2) is 4.91 Å². The van der Waals surface area contributed by atoms with Crippen molar-refractivity contribution in [1.29, 1.82) is 5.26 Å². The second-order valence-corrected chi connectivity index (χ2v) is 9.75. The monoisotopic (exact) mass is 439 g/mol. The Hall–Kier alpha value is -2.66. The summed E-state index contributed by atoms with van der Waals surface area (Å²) in [5.74, 6) is 0. The van der Waals surface area contributed by atoms with Crippen LogP contribution >= 0.6 is 11.3 Å². The Bertz CT molecular complexity index is 1210. The standard InChI is InChI=1S/C23H25N3O2S2/c1-3-11-26(12-4-2)20-8-7-17-13-19(6-5-18(17)14-20)23-10-9-21(29-23)15-22(16-24)30(25,27)28/h5-10,13-15H,3-4,11-12H2,1-2H3,(H2,25,27,28)/b22-15+. The highest BCUT2D eigenvalue weighted by Gasteiger charge is 2.12. The lowest BCUT2D eigenvalue weighted by atomic mass is 10.0. The molecule has 0 aliphatic rings. The fraction of sp³-hybridized carbons (Fsp3) is 0.261. The summed E-state index contributed by atoms with van der Waals surface area (Å²) in [5, 5.41) is 16.4. The molecule has 0 spiro atoms. The second kappa shape index (κ2) is 9.43. The van der Waals surface area contributed by atoms with Crippen molar-refractivity contribution in [1.82, 2.24) is 0 Å². The summed E-state index contributed by atoms with van der Waals surface area (Å²) in [6, 6.07) is 18.2. The number of anilines is 1. The first kappa shape index (κ1) is 22.0. The average Bonchev–Trinajstić information content (AvgIpc) is 3.19. The minimum atomic E-state index is -4.01. The number of thiophene rings is 1. The number of benzene rings is 2. The summed E-state index contributed by atoms with van der Waals surface area (Å²) < 4.78 is 22.9. The maximum Gasteiger partial charge on any atom is 0.248 e. The van der Waals surface area contributed by atoms with E-state index >= 15 is 0 Å². The first-order valence-electron chi connectivity index (χ1n) is 9.89. The van der Waals surface area contributed by atoms with Crippen LogP contribution in [-0.4, -0.2) is 21.5 Å². The van der Waals surface area contributed by atoms with Crippen LogP contribution in [0.15, 0.2) is 53.4 Å². The molecule has 156 valence electrons. The van der Waals surface area contributed by atoms with Gasteiger partial charge in [-0.1, -0.05) is 32.0 Å². The molecule has 2 aromatic carbocycles. The molecule has 2 N–H and O–H groups in total. The summed E-state index contributed by atoms with van der Waals surface area (Å²) in [6.45, 7) is 6.49. The minimum Gasteiger partial charge on any atom is -0.372 e. The summed E-state index contributed by atoms with van der Waals surface area (Å²) in [5.41, 5.74) is 2.29. The highest BCUT2D eigenvalue weighted by molar-refractivity contribution is 7.93. The van der Waals surface area contributed by atoms with Crippen LogP contribution in [0.1, 0.15) is 31.6 Å². The van der Waals surface area contributed by atoms with Crippen LogP contribution in [0.5, 0.6) is 0 Å². The Labute approximate surface area is 182 Å². The lowest BCUT2D eigenvalue weighted by Crippen LogP contribution is -2.24. The van der Waals surface area contributed by atoms with Gasteiger partial charge in [-0.05, 0) is 65.6 Å². The quantitative estimate of drug-likeness (QED) is 0.479. The third kappa shape index (κ3) is 5.08. The van der Waals surface area contributed by atoms with Gasteiger partial charge in [0.1, 0.15) is 6.07 Å². The van der Waals surface area contributed by atoms with Gasteiger partial charge in [0.25, 0.3) is 0 Å². The molecule has 1 aromatic heterocycles. The Morgan fingerprint density at radius 1 is 1.07 bits per heavy atom. The molecular formula is C23H25N3O2S2. The number of hydrogen-bond acceptors (Lipinski definition) is 5. The van der Waals surface area contributed by atoms with Crippen molar-refractivity contribution < 1.29 is 8.42 Å². The molecule has 1 heterocycles. The smallest absolute Gasteiger partial charge is 0.248 e. The Kier molecular flexibility index (Phi) is 6.93. The van der Waals surface area contributed by atoms with E-state index in [2.05, 4.69) is 55.1 Å². The SMILES string of the molecule is CCCN(CCC)c1ccc2cc(-c3ccc(/C=C(\C#N)S(N)(=O)=O)s3)ccc2c1. The van der Waals surface area contributed by atoms with Crippen LogP contribution in [0.25, 0.3) is 27.3 Å². The van der Waals surface area contributed by atoms with Crippen LogP contribution in [-0.2, 0) is 10.0 Å². The van der Waals surface area contributed by atoms with E-state index in [9.17, 15) is 8.42 Å². The number of nitriles is 1. The van der Waals surface area contributed by atoms with Crippen LogP contribution in [0.3, 0.4) is 0 Å². The molecule has 0 fully saturated rings. The molecule has 5 nitrogen and oxygen atoms in total. The summed E-state index contributed by atoms with van der Waals surface area (Å²) in [7, 11) is -4.01. The molecule has 0 radical (unpaired) electrons. The number of hydrogen-bond donors (Lipinski definition) is 1. The van der Waals surface area contributed by atoms with Crippen LogP contribution in [0.4, 0.5) is 5.69 Å². The van der Waals surface area contributed by atoms with Gasteiger partial charge >= 0.3 is 0 Å². The van der Waals surface area contributed by atoms with Crippen LogP contribution < -0.4 is 10.0 Å². The Morgan fingerprint density at radius 3 is 2.37 bits per heavy atom. The predicted octanol–water partition coefficient (Wildman–Crippen LogP) is 5.35. The minimum absolute atomic E-state index is 0.439. The van der Waals surface area contributed by atoms with Crippen molar-refractivity contribution in [3.8, 4) is 16.5 Å². The van der Waals surface area contributed by atoms with E-state index in [1.54, 1.807) is 12.1 Å². The molecule has 0 saturated heterocycles. The summed E-state index contributed by atoms with van der Waals surface area (Å²) in [4.78, 5) is 3.65. The third-order valence-electron chi connectivity index (χ3n) is 4.78. The highest BCUT2D eigenvalue weighted by Crippen LogP contribution is 2.33. The van der Waals surface area contributed by atoms with Gasteiger partial charge in [0.05, 0.1) is 0 Å². The molecule has 0 unspecified atom stereocenters. The molecule has 0 amide bonds. The number of nitrogens with zero attached hydrogens (tertiary/aromatic N) is 2. The molecule has 30 heavy (non-hydrogen) atoms. The van der Waals surface area contributed by atoms with Gasteiger partial charge in [-0.15, -0.1) is 11.3 Å². The summed E-state index contributed by atoms with van der Waals surface area (Å²) >= 11 is 1.42. The molecule has 7 heteroatoms. The van der Waals surface area contributed by atoms with Crippen molar-refractivity contribution in [2.75, 3.05) is 18.0 Å². The van der Waals surface area contributed by atoms with E-state index in [4.69, 9.17) is 10.4 Å². The van der Waals surface area contributed by atoms with Crippen molar-refractivity contribution in [3.63, 3.8) is 0 Å². The van der Waals surface area contributed by atoms with Crippen LogP contribution in [0.2, 0.25) is 0 Å². The molecule has 0 saturated carbocycles. The normalized spacial score (nSPS) is 12.1. The topological polar surface area (TPSA) is 87.2 Å². The maximum absolute atomic E-state index is 11.4. The number of fused-ring (bicyclic) bond motifs is 1. The van der Waals surface area contributed by atoms with Gasteiger partial charge in [-0.2, -0.15) is 5.26 Å². The maximum atomic E-state index is 11.4. The van der Waals surface area contributed by atoms with Crippen molar-refractivity contribution in [2.24, 2.45) is 5.14 Å². The molecule has 0 aliphatic heterocycles. The zero-order valence-corrected chi connectivity index (χ0v) is 18.8. The van der Waals surface area contributed by atoms with E-state index in [0.29, 0.717) is 4.88 Å².